The van der Waals surface area contributed by atoms with Gasteiger partial charge in [0.25, 0.3) is 5.91 Å². The Balaban J connectivity index is 2.83. The van der Waals surface area contributed by atoms with E-state index in [9.17, 15) is 4.79 Å². The zero-order chi connectivity index (χ0) is 9.42. The van der Waals surface area contributed by atoms with Crippen LogP contribution in [0.1, 0.15) is 16.2 Å². The molecule has 1 amide bonds. The number of primary amides is 1. The summed E-state index contributed by atoms with van der Waals surface area (Å²) in [6.07, 6.45) is 3.37. The van der Waals surface area contributed by atoms with E-state index in [2.05, 4.69) is 4.98 Å². The highest BCUT2D eigenvalue weighted by Gasteiger charge is 2.07. The van der Waals surface area contributed by atoms with E-state index < -0.39 is 5.91 Å². The van der Waals surface area contributed by atoms with E-state index in [1.54, 1.807) is 22.9 Å². The van der Waals surface area contributed by atoms with Crippen molar-refractivity contribution in [3.8, 4) is 0 Å². The number of hydrogen-bond acceptors (Lipinski definition) is 2. The number of carbonyl (C=O) groups excluding carboxylic acids is 1. The number of nitrogens with zero attached hydrogens (tertiary/aromatic N) is 2. The first-order valence-electron chi connectivity index (χ1n) is 3.92. The molecule has 0 atom stereocenters. The molecule has 0 aliphatic carbocycles. The molecule has 4 heteroatoms. The molecule has 2 aromatic rings. The minimum atomic E-state index is -0.425. The van der Waals surface area contributed by atoms with Crippen LogP contribution in [0.15, 0.2) is 24.5 Å². The van der Waals surface area contributed by atoms with Gasteiger partial charge in [0.1, 0.15) is 5.69 Å². The molecule has 66 valence electrons. The maximum Gasteiger partial charge on any atom is 0.265 e. The van der Waals surface area contributed by atoms with Gasteiger partial charge in [-0.1, -0.05) is 0 Å². The molecule has 0 aliphatic rings. The summed E-state index contributed by atoms with van der Waals surface area (Å²) < 4.78 is 1.74. The number of aromatic nitrogens is 2. The van der Waals surface area contributed by atoms with E-state index in [0.29, 0.717) is 5.69 Å². The van der Waals surface area contributed by atoms with Crippen LogP contribution in [-0.4, -0.2) is 15.3 Å². The molecule has 0 unspecified atom stereocenters. The Bertz CT molecular complexity index is 473. The maximum absolute atomic E-state index is 11.0. The Morgan fingerprint density at radius 2 is 2.31 bits per heavy atom. The van der Waals surface area contributed by atoms with Crippen LogP contribution in [0.5, 0.6) is 0 Å². The average molecular weight is 175 g/mol. The van der Waals surface area contributed by atoms with Gasteiger partial charge < -0.3 is 10.1 Å². The lowest BCUT2D eigenvalue weighted by atomic mass is 10.4. The number of hydrogen-bond donors (Lipinski definition) is 1. The van der Waals surface area contributed by atoms with Crippen molar-refractivity contribution in [2.75, 3.05) is 0 Å². The van der Waals surface area contributed by atoms with Gasteiger partial charge in [-0.3, -0.25) is 9.78 Å². The first kappa shape index (κ1) is 7.79. The highest BCUT2D eigenvalue weighted by molar-refractivity contribution is 5.92. The molecular formula is C9H9N3O. The van der Waals surface area contributed by atoms with Crippen molar-refractivity contribution in [3.63, 3.8) is 0 Å². The second-order valence-electron chi connectivity index (χ2n) is 2.85. The summed E-state index contributed by atoms with van der Waals surface area (Å²) in [4.78, 5) is 15.1. The molecule has 0 bridgehead atoms. The van der Waals surface area contributed by atoms with Gasteiger partial charge in [-0.25, -0.2) is 0 Å². The van der Waals surface area contributed by atoms with E-state index in [0.717, 1.165) is 11.2 Å². The monoisotopic (exact) mass is 175 g/mol. The standard InChI is InChI=1S/C9H9N3O/c1-6-7-2-3-8(9(10)13)12(7)5-4-11-6/h2-5H,1H3,(H2,10,13). The lowest BCUT2D eigenvalue weighted by molar-refractivity contribution is 0.0995. The van der Waals surface area contributed by atoms with Crippen LogP contribution in [0.4, 0.5) is 0 Å². The van der Waals surface area contributed by atoms with E-state index in [-0.39, 0.29) is 0 Å². The first-order chi connectivity index (χ1) is 6.20. The molecule has 2 heterocycles. The molecule has 2 aromatic heterocycles. The number of amides is 1. The van der Waals surface area contributed by atoms with Crippen molar-refractivity contribution in [2.24, 2.45) is 5.73 Å². The second kappa shape index (κ2) is 2.58. The van der Waals surface area contributed by atoms with E-state index in [1.807, 2.05) is 13.0 Å². The van der Waals surface area contributed by atoms with Gasteiger partial charge >= 0.3 is 0 Å². The fourth-order valence-corrected chi connectivity index (χ4v) is 1.38. The Morgan fingerprint density at radius 1 is 1.54 bits per heavy atom. The van der Waals surface area contributed by atoms with Crippen LogP contribution in [0, 0.1) is 6.92 Å². The van der Waals surface area contributed by atoms with Crippen LogP contribution in [0.3, 0.4) is 0 Å². The third kappa shape index (κ3) is 1.07. The predicted molar refractivity (Wildman–Crippen MR) is 48.4 cm³/mol. The van der Waals surface area contributed by atoms with Gasteiger partial charge in [0, 0.05) is 12.4 Å². The van der Waals surface area contributed by atoms with Gasteiger partial charge in [0.2, 0.25) is 0 Å². The van der Waals surface area contributed by atoms with E-state index >= 15 is 0 Å². The fourth-order valence-electron chi connectivity index (χ4n) is 1.38. The second-order valence-corrected chi connectivity index (χ2v) is 2.85. The van der Waals surface area contributed by atoms with Gasteiger partial charge in [0.15, 0.2) is 0 Å². The van der Waals surface area contributed by atoms with Crippen molar-refractivity contribution in [1.82, 2.24) is 9.38 Å². The Labute approximate surface area is 75.0 Å². The van der Waals surface area contributed by atoms with Crippen LogP contribution in [0.25, 0.3) is 5.52 Å². The summed E-state index contributed by atoms with van der Waals surface area (Å²) in [5.41, 5.74) is 7.48. The number of aryl methyl sites for hydroxylation is 1. The van der Waals surface area contributed by atoms with Crippen molar-refractivity contribution in [2.45, 2.75) is 6.92 Å². The summed E-state index contributed by atoms with van der Waals surface area (Å²) in [6.45, 7) is 1.89. The number of fused-ring (bicyclic) bond motifs is 1. The third-order valence-corrected chi connectivity index (χ3v) is 2.03. The van der Waals surface area contributed by atoms with Crippen molar-refractivity contribution in [1.29, 1.82) is 0 Å². The van der Waals surface area contributed by atoms with Crippen molar-refractivity contribution in [3.05, 3.63) is 35.9 Å². The lowest BCUT2D eigenvalue weighted by Crippen LogP contribution is -2.13. The van der Waals surface area contributed by atoms with Crippen molar-refractivity contribution < 1.29 is 4.79 Å². The maximum atomic E-state index is 11.0. The Morgan fingerprint density at radius 3 is 3.00 bits per heavy atom. The molecule has 0 saturated heterocycles. The number of carbonyl (C=O) groups is 1. The fraction of sp³-hybridized carbons (Fsp3) is 0.111. The molecule has 2 N–H and O–H groups in total. The van der Waals surface area contributed by atoms with Gasteiger partial charge in [-0.05, 0) is 19.1 Å². The van der Waals surface area contributed by atoms with Crippen molar-refractivity contribution >= 4 is 11.4 Å². The summed E-state index contributed by atoms with van der Waals surface area (Å²) >= 11 is 0. The average Bonchev–Trinajstić information content (AvgIpc) is 2.48. The largest absolute Gasteiger partial charge is 0.364 e. The molecular weight excluding hydrogens is 166 g/mol. The van der Waals surface area contributed by atoms with Crippen LogP contribution < -0.4 is 5.73 Å². The smallest absolute Gasteiger partial charge is 0.265 e. The first-order valence-corrected chi connectivity index (χ1v) is 3.92. The highest BCUT2D eigenvalue weighted by Crippen LogP contribution is 2.11. The minimum Gasteiger partial charge on any atom is -0.364 e. The van der Waals surface area contributed by atoms with Crippen LogP contribution in [0.2, 0.25) is 0 Å². The van der Waals surface area contributed by atoms with E-state index in [4.69, 9.17) is 5.73 Å². The summed E-state index contributed by atoms with van der Waals surface area (Å²) in [5.74, 6) is -0.425. The molecule has 13 heavy (non-hydrogen) atoms. The van der Waals surface area contributed by atoms with Gasteiger partial charge in [-0.15, -0.1) is 0 Å². The third-order valence-electron chi connectivity index (χ3n) is 2.03. The minimum absolute atomic E-state index is 0.425. The SMILES string of the molecule is Cc1nccn2c(C(N)=O)ccc12. The summed E-state index contributed by atoms with van der Waals surface area (Å²) in [6, 6.07) is 3.54. The molecule has 0 aliphatic heterocycles. The van der Waals surface area contributed by atoms with Gasteiger partial charge in [0.05, 0.1) is 11.2 Å². The molecule has 0 spiro atoms. The Hall–Kier alpha value is -1.84. The number of rotatable bonds is 1. The van der Waals surface area contributed by atoms with E-state index in [1.165, 1.54) is 0 Å². The topological polar surface area (TPSA) is 60.4 Å². The molecule has 0 fully saturated rings. The molecule has 2 rings (SSSR count). The van der Waals surface area contributed by atoms with Crippen LogP contribution in [-0.2, 0) is 0 Å². The molecule has 0 aromatic carbocycles. The normalized spacial score (nSPS) is 10.5. The summed E-state index contributed by atoms with van der Waals surface area (Å²) in [7, 11) is 0. The Kier molecular flexibility index (Phi) is 1.55. The zero-order valence-corrected chi connectivity index (χ0v) is 7.19. The molecule has 0 saturated carbocycles. The predicted octanol–water partition coefficient (Wildman–Crippen LogP) is 0.742. The molecule has 0 radical (unpaired) electrons. The molecule has 4 nitrogen and oxygen atoms in total. The highest BCUT2D eigenvalue weighted by atomic mass is 16.1. The quantitative estimate of drug-likeness (QED) is 0.694. The number of nitrogens with two attached hydrogens (primary N) is 1. The zero-order valence-electron chi connectivity index (χ0n) is 7.19. The summed E-state index contributed by atoms with van der Waals surface area (Å²) in [5, 5.41) is 0. The lowest BCUT2D eigenvalue weighted by Gasteiger charge is -1.99. The van der Waals surface area contributed by atoms with Crippen LogP contribution >= 0.6 is 0 Å². The van der Waals surface area contributed by atoms with Gasteiger partial charge in [-0.2, -0.15) is 0 Å².